The second-order valence-electron chi connectivity index (χ2n) is 9.33. The summed E-state index contributed by atoms with van der Waals surface area (Å²) in [7, 11) is 0. The third-order valence-corrected chi connectivity index (χ3v) is 7.16. The van der Waals surface area contributed by atoms with Gasteiger partial charge in [-0.1, -0.05) is 0 Å². The summed E-state index contributed by atoms with van der Waals surface area (Å²) < 4.78 is 1.88. The molecule has 4 amide bonds. The van der Waals surface area contributed by atoms with Crippen molar-refractivity contribution in [3.8, 4) is 0 Å². The zero-order chi connectivity index (χ0) is 22.9. The van der Waals surface area contributed by atoms with E-state index in [-0.39, 0.29) is 24.3 Å². The number of imide groups is 1. The number of carbonyl (C=O) groups is 3. The quantitative estimate of drug-likeness (QED) is 0.711. The molecule has 3 N–H and O–H groups in total. The normalized spacial score (nSPS) is 21.6. The van der Waals surface area contributed by atoms with Gasteiger partial charge in [0.15, 0.2) is 0 Å². The summed E-state index contributed by atoms with van der Waals surface area (Å²) in [5, 5.41) is 2.35. The molecule has 0 spiro atoms. The fraction of sp³-hybridized carbons (Fsp3) is 0.565. The van der Waals surface area contributed by atoms with Crippen LogP contribution < -0.4 is 16.0 Å². The van der Waals surface area contributed by atoms with E-state index in [0.717, 1.165) is 57.5 Å². The lowest BCUT2D eigenvalue weighted by Crippen LogP contribution is -2.50. The van der Waals surface area contributed by atoms with Crippen molar-refractivity contribution in [1.29, 1.82) is 0 Å². The van der Waals surface area contributed by atoms with E-state index in [1.807, 2.05) is 15.5 Å². The zero-order valence-electron chi connectivity index (χ0n) is 18.8. The smallest absolute Gasteiger partial charge is 0.329 e. The first-order chi connectivity index (χ1) is 16.0. The number of hydrogen-bond donors (Lipinski definition) is 2. The first-order valence-corrected chi connectivity index (χ1v) is 11.8. The molecule has 2 aromatic heterocycles. The number of hydrogen-bond acceptors (Lipinski definition) is 6. The molecular weight excluding hydrogens is 422 g/mol. The van der Waals surface area contributed by atoms with Gasteiger partial charge < -0.3 is 10.6 Å². The minimum absolute atomic E-state index is 0.218. The first-order valence-electron chi connectivity index (χ1n) is 11.8. The molecular formula is C23H31N7O3. The van der Waals surface area contributed by atoms with Crippen LogP contribution in [0.3, 0.4) is 0 Å². The number of anilines is 1. The average molecular weight is 454 g/mol. The highest BCUT2D eigenvalue weighted by Crippen LogP contribution is 2.30. The SMILES string of the molecule is NC1CCN(CC(=O)N2CCC(c3ccn4c(N5CCC(=O)NC5=O)cnc4c3)CC2)CC1. The van der Waals surface area contributed by atoms with Crippen LogP contribution >= 0.6 is 0 Å². The molecule has 10 nitrogen and oxygen atoms in total. The van der Waals surface area contributed by atoms with Crippen molar-refractivity contribution in [1.82, 2.24) is 24.5 Å². The number of likely N-dealkylation sites (tertiary alicyclic amines) is 2. The standard InChI is InChI=1S/C23H31N7O3/c24-18-4-7-27(8-5-18)15-22(32)28-9-1-16(2-10-28)17-3-11-29-19(13-17)25-14-21(29)30-12-6-20(31)26-23(30)33/h3,11,13-14,16,18H,1-2,4-10,12,15,24H2,(H,26,31,33). The van der Waals surface area contributed by atoms with Crippen LogP contribution in [0.1, 0.15) is 43.6 Å². The highest BCUT2D eigenvalue weighted by atomic mass is 16.2. The molecule has 33 heavy (non-hydrogen) atoms. The number of nitrogens with one attached hydrogen (secondary N) is 1. The van der Waals surface area contributed by atoms with Crippen molar-refractivity contribution < 1.29 is 14.4 Å². The lowest BCUT2D eigenvalue weighted by atomic mass is 9.90. The second-order valence-corrected chi connectivity index (χ2v) is 9.33. The summed E-state index contributed by atoms with van der Waals surface area (Å²) in [5.41, 5.74) is 7.94. The Bertz CT molecular complexity index is 1050. The highest BCUT2D eigenvalue weighted by molar-refractivity contribution is 6.05. The molecule has 3 aliphatic heterocycles. The molecule has 2 aromatic rings. The van der Waals surface area contributed by atoms with E-state index in [2.05, 4.69) is 27.3 Å². The monoisotopic (exact) mass is 453 g/mol. The van der Waals surface area contributed by atoms with Gasteiger partial charge in [0.05, 0.1) is 12.7 Å². The van der Waals surface area contributed by atoms with E-state index in [9.17, 15) is 14.4 Å². The number of imidazole rings is 1. The lowest BCUT2D eigenvalue weighted by molar-refractivity contribution is -0.133. The van der Waals surface area contributed by atoms with Crippen molar-refractivity contribution in [3.63, 3.8) is 0 Å². The van der Waals surface area contributed by atoms with Crippen molar-refractivity contribution in [2.24, 2.45) is 5.73 Å². The zero-order valence-corrected chi connectivity index (χ0v) is 18.8. The molecule has 0 bridgehead atoms. The molecule has 3 saturated heterocycles. The Kier molecular flexibility index (Phi) is 6.03. The van der Waals surface area contributed by atoms with Crippen LogP contribution in [0.4, 0.5) is 10.6 Å². The predicted molar refractivity (Wildman–Crippen MR) is 123 cm³/mol. The van der Waals surface area contributed by atoms with Crippen LogP contribution in [0.5, 0.6) is 0 Å². The number of urea groups is 1. The fourth-order valence-corrected chi connectivity index (χ4v) is 5.08. The molecule has 0 aliphatic carbocycles. The van der Waals surface area contributed by atoms with E-state index in [1.54, 1.807) is 11.1 Å². The molecule has 0 saturated carbocycles. The number of piperidine rings is 2. The molecule has 5 rings (SSSR count). The number of aromatic nitrogens is 2. The van der Waals surface area contributed by atoms with E-state index in [0.29, 0.717) is 24.8 Å². The number of carbonyl (C=O) groups excluding carboxylic acids is 3. The van der Waals surface area contributed by atoms with Crippen molar-refractivity contribution in [2.45, 2.75) is 44.1 Å². The van der Waals surface area contributed by atoms with Gasteiger partial charge in [0, 0.05) is 51.4 Å². The molecule has 10 heteroatoms. The lowest BCUT2D eigenvalue weighted by Gasteiger charge is -2.35. The fourth-order valence-electron chi connectivity index (χ4n) is 5.08. The predicted octanol–water partition coefficient (Wildman–Crippen LogP) is 0.910. The Hall–Kier alpha value is -2.98. The van der Waals surface area contributed by atoms with Crippen LogP contribution in [0.15, 0.2) is 24.5 Å². The molecule has 0 unspecified atom stereocenters. The number of fused-ring (bicyclic) bond motifs is 1. The molecule has 3 fully saturated rings. The molecule has 0 atom stereocenters. The van der Waals surface area contributed by atoms with Gasteiger partial charge in [0.2, 0.25) is 11.8 Å². The Morgan fingerprint density at radius 1 is 1.09 bits per heavy atom. The Morgan fingerprint density at radius 3 is 2.58 bits per heavy atom. The van der Waals surface area contributed by atoms with Gasteiger partial charge in [-0.3, -0.25) is 29.1 Å². The maximum absolute atomic E-state index is 12.7. The summed E-state index contributed by atoms with van der Waals surface area (Å²) in [6.07, 6.45) is 7.67. The summed E-state index contributed by atoms with van der Waals surface area (Å²) >= 11 is 0. The molecule has 176 valence electrons. The van der Waals surface area contributed by atoms with E-state index in [1.165, 1.54) is 5.56 Å². The maximum Gasteiger partial charge on any atom is 0.329 e. The Morgan fingerprint density at radius 2 is 1.85 bits per heavy atom. The third kappa shape index (κ3) is 4.58. The highest BCUT2D eigenvalue weighted by Gasteiger charge is 2.28. The van der Waals surface area contributed by atoms with Crippen LogP contribution in [0, 0.1) is 0 Å². The Labute approximate surface area is 192 Å². The minimum Gasteiger partial charge on any atom is -0.342 e. The first kappa shape index (κ1) is 21.8. The second kappa shape index (κ2) is 9.11. The minimum atomic E-state index is -0.415. The van der Waals surface area contributed by atoms with Gasteiger partial charge in [0.25, 0.3) is 0 Å². The van der Waals surface area contributed by atoms with Crippen LogP contribution in [0.2, 0.25) is 0 Å². The summed E-state index contributed by atoms with van der Waals surface area (Å²) in [6.45, 7) is 4.19. The summed E-state index contributed by atoms with van der Waals surface area (Å²) in [5.74, 6) is 0.997. The van der Waals surface area contributed by atoms with Gasteiger partial charge in [-0.25, -0.2) is 9.78 Å². The molecule has 5 heterocycles. The molecule has 0 aromatic carbocycles. The van der Waals surface area contributed by atoms with Crippen LogP contribution in [-0.4, -0.2) is 82.3 Å². The molecule has 3 aliphatic rings. The number of pyridine rings is 1. The van der Waals surface area contributed by atoms with Gasteiger partial charge in [-0.15, -0.1) is 0 Å². The van der Waals surface area contributed by atoms with Crippen molar-refractivity contribution in [3.05, 3.63) is 30.1 Å². The topological polar surface area (TPSA) is 116 Å². The van der Waals surface area contributed by atoms with Gasteiger partial charge >= 0.3 is 6.03 Å². The maximum atomic E-state index is 12.7. The van der Waals surface area contributed by atoms with Gasteiger partial charge in [0.1, 0.15) is 11.5 Å². The number of nitrogens with two attached hydrogens (primary N) is 1. The van der Waals surface area contributed by atoms with Crippen LogP contribution in [0.25, 0.3) is 5.65 Å². The van der Waals surface area contributed by atoms with Gasteiger partial charge in [-0.2, -0.15) is 0 Å². The van der Waals surface area contributed by atoms with Crippen molar-refractivity contribution >= 4 is 29.3 Å². The molecule has 0 radical (unpaired) electrons. The van der Waals surface area contributed by atoms with Crippen molar-refractivity contribution in [2.75, 3.05) is 44.2 Å². The van der Waals surface area contributed by atoms with E-state index < -0.39 is 6.03 Å². The van der Waals surface area contributed by atoms with Gasteiger partial charge in [-0.05, 0) is 49.3 Å². The summed E-state index contributed by atoms with van der Waals surface area (Å²) in [4.78, 5) is 46.6. The Balaban J connectivity index is 1.20. The van der Waals surface area contributed by atoms with Crippen LogP contribution in [-0.2, 0) is 9.59 Å². The number of rotatable bonds is 4. The third-order valence-electron chi connectivity index (χ3n) is 7.16. The van der Waals surface area contributed by atoms with E-state index in [4.69, 9.17) is 5.73 Å². The average Bonchev–Trinajstić information content (AvgIpc) is 3.24. The number of amides is 4. The number of nitrogens with zero attached hydrogens (tertiary/aromatic N) is 5. The summed E-state index contributed by atoms with van der Waals surface area (Å²) in [6, 6.07) is 4.00. The van der Waals surface area contributed by atoms with E-state index >= 15 is 0 Å². The largest absolute Gasteiger partial charge is 0.342 e.